The molecule has 41 heavy (non-hydrogen) atoms. The molecular formula is C32H27FIN3O4. The molecule has 3 aromatic carbocycles. The number of carbonyl (C=O) groups excluding carboxylic acids is 1. The smallest absolute Gasteiger partial charge is 0.307 e. The van der Waals surface area contributed by atoms with Crippen LogP contribution in [0, 0.1) is 23.2 Å². The minimum atomic E-state index is -0.473. The second-order valence-electron chi connectivity index (χ2n) is 9.31. The summed E-state index contributed by atoms with van der Waals surface area (Å²) in [5, 5.41) is 4.03. The number of nitrogens with zero attached hydrogens (tertiary/aromatic N) is 2. The summed E-state index contributed by atoms with van der Waals surface area (Å²) in [6.07, 6.45) is 1.53. The predicted octanol–water partition coefficient (Wildman–Crippen LogP) is 7.35. The summed E-state index contributed by atoms with van der Waals surface area (Å²) in [5.41, 5.74) is 7.39. The molecule has 0 aliphatic carbocycles. The van der Waals surface area contributed by atoms with Gasteiger partial charge < -0.3 is 18.5 Å². The average molecular weight is 663 g/mol. The van der Waals surface area contributed by atoms with Gasteiger partial charge in [0.05, 0.1) is 9.78 Å². The van der Waals surface area contributed by atoms with Crippen molar-refractivity contribution in [3.05, 3.63) is 134 Å². The molecule has 0 aliphatic rings. The number of aryl methyl sites for hydroxylation is 2. The van der Waals surface area contributed by atoms with E-state index in [2.05, 4.69) is 63.7 Å². The number of hydrazone groups is 1. The van der Waals surface area contributed by atoms with E-state index in [-0.39, 0.29) is 24.8 Å². The molecule has 1 N–H and O–H groups in total. The number of amides is 1. The van der Waals surface area contributed by atoms with Gasteiger partial charge >= 0.3 is 5.91 Å². The molecule has 2 aromatic heterocycles. The zero-order valence-electron chi connectivity index (χ0n) is 22.4. The average Bonchev–Trinajstić information content (AvgIpc) is 3.58. The van der Waals surface area contributed by atoms with Crippen LogP contribution in [-0.4, -0.2) is 16.7 Å². The zero-order chi connectivity index (χ0) is 28.8. The highest BCUT2D eigenvalue weighted by Gasteiger charge is 2.11. The maximum atomic E-state index is 13.4. The van der Waals surface area contributed by atoms with E-state index in [1.165, 1.54) is 29.7 Å². The van der Waals surface area contributed by atoms with Crippen molar-refractivity contribution in [2.75, 3.05) is 0 Å². The van der Waals surface area contributed by atoms with Crippen molar-refractivity contribution in [2.45, 2.75) is 27.1 Å². The molecule has 0 bridgehead atoms. The van der Waals surface area contributed by atoms with E-state index >= 15 is 0 Å². The van der Waals surface area contributed by atoms with Gasteiger partial charge in [-0.1, -0.05) is 12.1 Å². The Labute approximate surface area is 250 Å². The fourth-order valence-electron chi connectivity index (χ4n) is 4.22. The molecule has 0 radical (unpaired) electrons. The SMILES string of the molecule is Cc1ccc(C)n1-c1ccc(OCc2ccc(C(=O)N/N=C/c3ccc(OCc4cccc(F)c4)c(I)c3)o2)cc1. The molecule has 0 atom stereocenters. The molecule has 0 aliphatic heterocycles. The molecule has 1 amide bonds. The molecule has 5 aromatic rings. The molecular weight excluding hydrogens is 636 g/mol. The van der Waals surface area contributed by atoms with Crippen molar-refractivity contribution in [3.63, 3.8) is 0 Å². The van der Waals surface area contributed by atoms with Crippen LogP contribution in [0.4, 0.5) is 4.39 Å². The molecule has 208 valence electrons. The Hall–Kier alpha value is -4.38. The van der Waals surface area contributed by atoms with Crippen LogP contribution in [0.1, 0.15) is 38.8 Å². The first kappa shape index (κ1) is 28.2. The topological polar surface area (TPSA) is 78.0 Å². The third kappa shape index (κ3) is 7.23. The van der Waals surface area contributed by atoms with E-state index in [4.69, 9.17) is 13.9 Å². The van der Waals surface area contributed by atoms with Crippen LogP contribution in [0.3, 0.4) is 0 Å². The molecule has 0 spiro atoms. The van der Waals surface area contributed by atoms with Crippen molar-refractivity contribution in [3.8, 4) is 17.2 Å². The van der Waals surface area contributed by atoms with E-state index in [1.807, 2.05) is 36.4 Å². The minimum Gasteiger partial charge on any atom is -0.488 e. The minimum absolute atomic E-state index is 0.130. The van der Waals surface area contributed by atoms with Crippen LogP contribution in [0.15, 0.2) is 101 Å². The summed E-state index contributed by atoms with van der Waals surface area (Å²) in [6, 6.07) is 27.0. The Balaban J connectivity index is 1.10. The maximum Gasteiger partial charge on any atom is 0.307 e. The third-order valence-corrected chi connectivity index (χ3v) is 7.09. The number of hydrogen-bond donors (Lipinski definition) is 1. The van der Waals surface area contributed by atoms with E-state index in [0.29, 0.717) is 17.3 Å². The number of aromatic nitrogens is 1. The highest BCUT2D eigenvalue weighted by Crippen LogP contribution is 2.23. The van der Waals surface area contributed by atoms with E-state index in [9.17, 15) is 9.18 Å². The van der Waals surface area contributed by atoms with Crippen molar-refractivity contribution in [1.29, 1.82) is 0 Å². The molecule has 0 fully saturated rings. The van der Waals surface area contributed by atoms with Gasteiger partial charge in [-0.05, 0) is 126 Å². The number of rotatable bonds is 10. The lowest BCUT2D eigenvalue weighted by molar-refractivity contribution is 0.0923. The monoisotopic (exact) mass is 663 g/mol. The van der Waals surface area contributed by atoms with Crippen LogP contribution < -0.4 is 14.9 Å². The Morgan fingerprint density at radius 1 is 0.951 bits per heavy atom. The Morgan fingerprint density at radius 2 is 1.73 bits per heavy atom. The molecule has 0 unspecified atom stereocenters. The van der Waals surface area contributed by atoms with Crippen molar-refractivity contribution in [1.82, 2.24) is 9.99 Å². The molecule has 5 rings (SSSR count). The van der Waals surface area contributed by atoms with Crippen LogP contribution >= 0.6 is 22.6 Å². The number of carbonyl (C=O) groups is 1. The lowest BCUT2D eigenvalue weighted by Crippen LogP contribution is -2.16. The zero-order valence-corrected chi connectivity index (χ0v) is 24.6. The Bertz CT molecular complexity index is 1670. The van der Waals surface area contributed by atoms with Crippen LogP contribution in [-0.2, 0) is 13.2 Å². The van der Waals surface area contributed by atoms with Crippen molar-refractivity contribution in [2.24, 2.45) is 5.10 Å². The summed E-state index contributed by atoms with van der Waals surface area (Å²) >= 11 is 2.15. The second-order valence-corrected chi connectivity index (χ2v) is 10.5. The van der Waals surface area contributed by atoms with Crippen molar-refractivity contribution < 1.29 is 23.1 Å². The third-order valence-electron chi connectivity index (χ3n) is 6.25. The number of hydrogen-bond acceptors (Lipinski definition) is 5. The van der Waals surface area contributed by atoms with Gasteiger partial charge in [0.2, 0.25) is 0 Å². The molecule has 0 saturated carbocycles. The first-order chi connectivity index (χ1) is 19.9. The molecule has 7 nitrogen and oxygen atoms in total. The van der Waals surface area contributed by atoms with E-state index in [1.54, 1.807) is 30.3 Å². The molecule has 9 heteroatoms. The number of ether oxygens (including phenoxy) is 2. The first-order valence-corrected chi connectivity index (χ1v) is 13.9. The van der Waals surface area contributed by atoms with Gasteiger partial charge in [0.15, 0.2) is 5.76 Å². The summed E-state index contributed by atoms with van der Waals surface area (Å²) in [6.45, 7) is 4.58. The van der Waals surface area contributed by atoms with Gasteiger partial charge in [0, 0.05) is 17.1 Å². The lowest BCUT2D eigenvalue weighted by Gasteiger charge is -2.10. The Morgan fingerprint density at radius 3 is 2.46 bits per heavy atom. The van der Waals surface area contributed by atoms with Gasteiger partial charge in [-0.15, -0.1) is 0 Å². The molecule has 0 saturated heterocycles. The van der Waals surface area contributed by atoms with Gasteiger partial charge in [-0.25, -0.2) is 9.82 Å². The van der Waals surface area contributed by atoms with Gasteiger partial charge in [0.1, 0.15) is 36.3 Å². The number of nitrogens with one attached hydrogen (secondary N) is 1. The summed E-state index contributed by atoms with van der Waals surface area (Å²) in [7, 11) is 0. The quantitative estimate of drug-likeness (QED) is 0.0964. The number of halogens is 2. The fourth-order valence-corrected chi connectivity index (χ4v) is 4.92. The lowest BCUT2D eigenvalue weighted by atomic mass is 10.2. The normalized spacial score (nSPS) is 11.1. The summed E-state index contributed by atoms with van der Waals surface area (Å²) < 4.78 is 33.7. The van der Waals surface area contributed by atoms with E-state index < -0.39 is 5.91 Å². The highest BCUT2D eigenvalue weighted by atomic mass is 127. The largest absolute Gasteiger partial charge is 0.488 e. The van der Waals surface area contributed by atoms with Gasteiger partial charge in [-0.3, -0.25) is 4.79 Å². The number of furan rings is 1. The second kappa shape index (κ2) is 12.9. The summed E-state index contributed by atoms with van der Waals surface area (Å²) in [5.74, 6) is 1.24. The molecule has 2 heterocycles. The van der Waals surface area contributed by atoms with E-state index in [0.717, 1.165) is 20.4 Å². The fraction of sp³-hybridized carbons (Fsp3) is 0.125. The van der Waals surface area contributed by atoms with Crippen LogP contribution in [0.2, 0.25) is 0 Å². The van der Waals surface area contributed by atoms with Gasteiger partial charge in [0.25, 0.3) is 0 Å². The standard InChI is InChI=1S/C32H27FIN3O4/c1-21-6-7-22(2)37(21)26-9-11-27(12-10-26)39-20-28-13-15-31(41-28)32(38)36-35-18-23-8-14-30(29(34)17-23)40-19-24-4-3-5-25(33)16-24/h3-18H,19-20H2,1-2H3,(H,36,38)/b35-18+. The van der Waals surface area contributed by atoms with Gasteiger partial charge in [-0.2, -0.15) is 5.10 Å². The first-order valence-electron chi connectivity index (χ1n) is 12.8. The number of benzene rings is 3. The highest BCUT2D eigenvalue weighted by molar-refractivity contribution is 14.1. The predicted molar refractivity (Wildman–Crippen MR) is 163 cm³/mol. The van der Waals surface area contributed by atoms with Crippen LogP contribution in [0.5, 0.6) is 11.5 Å². The van der Waals surface area contributed by atoms with Crippen molar-refractivity contribution >= 4 is 34.7 Å². The maximum absolute atomic E-state index is 13.4. The van der Waals surface area contributed by atoms with Crippen LogP contribution in [0.25, 0.3) is 5.69 Å². The Kier molecular flexibility index (Phi) is 8.83. The summed E-state index contributed by atoms with van der Waals surface area (Å²) in [4.78, 5) is 12.5.